The molecule has 0 atom stereocenters. The molecule has 3 aromatic carbocycles. The third kappa shape index (κ3) is 3.44. The minimum absolute atomic E-state index is 0.0661. The Balaban J connectivity index is 1.46. The summed E-state index contributed by atoms with van der Waals surface area (Å²) in [5.74, 6) is 0.400. The highest BCUT2D eigenvalue weighted by Gasteiger charge is 2.22. The Morgan fingerprint density at radius 1 is 0.846 bits per heavy atom. The normalized spacial score (nSPS) is 13.2. The molecule has 3 heteroatoms. The van der Waals surface area contributed by atoms with Crippen molar-refractivity contribution in [3.8, 4) is 5.75 Å². The molecule has 3 aromatic rings. The molecule has 1 N–H and O–H groups in total. The standard InChI is InChI=1S/C23H23NO2/c25-22-13-7-12-21-20(22)14-15-24(21)16-17-26-23(18-8-3-1-4-9-18)19-10-5-2-6-11-19/h1-13,23,25H,14-17H2. The van der Waals surface area contributed by atoms with E-state index >= 15 is 0 Å². The predicted octanol–water partition coefficient (Wildman–Crippen LogP) is 4.56. The first-order valence-electron chi connectivity index (χ1n) is 9.10. The summed E-state index contributed by atoms with van der Waals surface area (Å²) in [5, 5.41) is 10.0. The molecule has 3 nitrogen and oxygen atoms in total. The van der Waals surface area contributed by atoms with Gasteiger partial charge in [0.1, 0.15) is 11.9 Å². The zero-order chi connectivity index (χ0) is 17.8. The fourth-order valence-electron chi connectivity index (χ4n) is 3.64. The maximum Gasteiger partial charge on any atom is 0.120 e. The van der Waals surface area contributed by atoms with Crippen LogP contribution in [0.5, 0.6) is 5.75 Å². The van der Waals surface area contributed by atoms with E-state index in [0.29, 0.717) is 12.4 Å². The van der Waals surface area contributed by atoms with E-state index in [1.807, 2.05) is 42.5 Å². The first kappa shape index (κ1) is 16.7. The van der Waals surface area contributed by atoms with E-state index in [9.17, 15) is 5.11 Å². The van der Waals surface area contributed by atoms with Gasteiger partial charge in [-0.05, 0) is 29.7 Å². The van der Waals surface area contributed by atoms with Gasteiger partial charge >= 0.3 is 0 Å². The molecule has 0 aliphatic carbocycles. The molecule has 0 unspecified atom stereocenters. The number of fused-ring (bicyclic) bond motifs is 1. The fourth-order valence-corrected chi connectivity index (χ4v) is 3.64. The Labute approximate surface area is 154 Å². The largest absolute Gasteiger partial charge is 0.508 e. The van der Waals surface area contributed by atoms with Crippen LogP contribution >= 0.6 is 0 Å². The number of hydrogen-bond donors (Lipinski definition) is 1. The monoisotopic (exact) mass is 345 g/mol. The molecule has 26 heavy (non-hydrogen) atoms. The topological polar surface area (TPSA) is 32.7 Å². The minimum Gasteiger partial charge on any atom is -0.508 e. The number of hydrogen-bond acceptors (Lipinski definition) is 3. The predicted molar refractivity (Wildman–Crippen MR) is 105 cm³/mol. The summed E-state index contributed by atoms with van der Waals surface area (Å²) in [6.45, 7) is 2.37. The van der Waals surface area contributed by atoms with Gasteiger partial charge in [-0.3, -0.25) is 0 Å². The quantitative estimate of drug-likeness (QED) is 0.711. The zero-order valence-corrected chi connectivity index (χ0v) is 14.7. The van der Waals surface area contributed by atoms with Crippen LogP contribution in [0.2, 0.25) is 0 Å². The van der Waals surface area contributed by atoms with Gasteiger partial charge in [0.25, 0.3) is 0 Å². The molecule has 1 aliphatic rings. The highest BCUT2D eigenvalue weighted by molar-refractivity contribution is 5.62. The first-order valence-corrected chi connectivity index (χ1v) is 9.10. The summed E-state index contributed by atoms with van der Waals surface area (Å²) < 4.78 is 6.32. The molecule has 0 aromatic heterocycles. The maximum atomic E-state index is 10.0. The van der Waals surface area contributed by atoms with Crippen molar-refractivity contribution in [2.24, 2.45) is 0 Å². The Morgan fingerprint density at radius 3 is 2.15 bits per heavy atom. The average molecular weight is 345 g/mol. The number of phenols is 1. The summed E-state index contributed by atoms with van der Waals surface area (Å²) >= 11 is 0. The Bertz CT molecular complexity index is 809. The number of nitrogens with zero attached hydrogens (tertiary/aromatic N) is 1. The van der Waals surface area contributed by atoms with Gasteiger partial charge < -0.3 is 14.7 Å². The van der Waals surface area contributed by atoms with Crippen LogP contribution in [0.25, 0.3) is 0 Å². The molecular formula is C23H23NO2. The van der Waals surface area contributed by atoms with E-state index < -0.39 is 0 Å². The van der Waals surface area contributed by atoms with Crippen molar-refractivity contribution >= 4 is 5.69 Å². The Morgan fingerprint density at radius 2 is 1.50 bits per heavy atom. The number of benzene rings is 3. The number of phenolic OH excluding ortho intramolecular Hbond substituents is 1. The van der Waals surface area contributed by atoms with Crippen molar-refractivity contribution in [3.63, 3.8) is 0 Å². The van der Waals surface area contributed by atoms with E-state index in [0.717, 1.165) is 41.9 Å². The van der Waals surface area contributed by atoms with Crippen LogP contribution in [-0.2, 0) is 11.2 Å². The molecule has 1 aliphatic heterocycles. The van der Waals surface area contributed by atoms with Gasteiger partial charge in [0.15, 0.2) is 0 Å². The maximum absolute atomic E-state index is 10.0. The fraction of sp³-hybridized carbons (Fsp3) is 0.217. The SMILES string of the molecule is Oc1cccc2c1CCN2CCOC(c1ccccc1)c1ccccc1. The van der Waals surface area contributed by atoms with Gasteiger partial charge in [0, 0.05) is 24.3 Å². The number of rotatable bonds is 6. The Kier molecular flexibility index (Phi) is 4.89. The van der Waals surface area contributed by atoms with Gasteiger partial charge in [0.2, 0.25) is 0 Å². The smallest absolute Gasteiger partial charge is 0.120 e. The van der Waals surface area contributed by atoms with Gasteiger partial charge in [-0.25, -0.2) is 0 Å². The summed E-state index contributed by atoms with van der Waals surface area (Å²) in [5.41, 5.74) is 4.51. The highest BCUT2D eigenvalue weighted by atomic mass is 16.5. The summed E-state index contributed by atoms with van der Waals surface area (Å²) in [6, 6.07) is 26.4. The van der Waals surface area contributed by atoms with Crippen molar-refractivity contribution in [3.05, 3.63) is 95.6 Å². The van der Waals surface area contributed by atoms with Gasteiger partial charge in [-0.2, -0.15) is 0 Å². The second kappa shape index (κ2) is 7.63. The van der Waals surface area contributed by atoms with E-state index in [-0.39, 0.29) is 6.10 Å². The number of ether oxygens (including phenoxy) is 1. The molecule has 0 spiro atoms. The number of aromatic hydroxyl groups is 1. The summed E-state index contributed by atoms with van der Waals surface area (Å²) in [4.78, 5) is 2.29. The van der Waals surface area contributed by atoms with Crippen LogP contribution in [-0.4, -0.2) is 24.8 Å². The molecular weight excluding hydrogens is 322 g/mol. The lowest BCUT2D eigenvalue weighted by Gasteiger charge is -2.23. The third-order valence-electron chi connectivity index (χ3n) is 4.95. The lowest BCUT2D eigenvalue weighted by Crippen LogP contribution is -2.26. The lowest BCUT2D eigenvalue weighted by molar-refractivity contribution is 0.0856. The Hall–Kier alpha value is -2.78. The van der Waals surface area contributed by atoms with Gasteiger partial charge in [-0.15, -0.1) is 0 Å². The molecule has 1 heterocycles. The van der Waals surface area contributed by atoms with Gasteiger partial charge in [-0.1, -0.05) is 66.7 Å². The average Bonchev–Trinajstić information content (AvgIpc) is 3.11. The highest BCUT2D eigenvalue weighted by Crippen LogP contribution is 2.34. The second-order valence-electron chi connectivity index (χ2n) is 6.58. The van der Waals surface area contributed by atoms with Crippen LogP contribution in [0, 0.1) is 0 Å². The molecule has 0 fully saturated rings. The van der Waals surface area contributed by atoms with E-state index in [1.54, 1.807) is 6.07 Å². The van der Waals surface area contributed by atoms with E-state index in [1.165, 1.54) is 0 Å². The van der Waals surface area contributed by atoms with Crippen molar-refractivity contribution in [2.75, 3.05) is 24.6 Å². The first-order chi connectivity index (χ1) is 12.8. The summed E-state index contributed by atoms with van der Waals surface area (Å²) in [6.07, 6.45) is 0.826. The van der Waals surface area contributed by atoms with Crippen LogP contribution in [0.4, 0.5) is 5.69 Å². The molecule has 4 rings (SSSR count). The third-order valence-corrected chi connectivity index (χ3v) is 4.95. The second-order valence-corrected chi connectivity index (χ2v) is 6.58. The van der Waals surface area contributed by atoms with Crippen LogP contribution in [0.15, 0.2) is 78.9 Å². The molecule has 0 radical (unpaired) electrons. The van der Waals surface area contributed by atoms with Crippen LogP contribution < -0.4 is 4.90 Å². The molecule has 132 valence electrons. The summed E-state index contributed by atoms with van der Waals surface area (Å²) in [7, 11) is 0. The van der Waals surface area contributed by atoms with E-state index in [2.05, 4.69) is 35.2 Å². The van der Waals surface area contributed by atoms with Crippen molar-refractivity contribution in [1.82, 2.24) is 0 Å². The van der Waals surface area contributed by atoms with Gasteiger partial charge in [0.05, 0.1) is 6.61 Å². The van der Waals surface area contributed by atoms with Crippen molar-refractivity contribution < 1.29 is 9.84 Å². The van der Waals surface area contributed by atoms with Crippen molar-refractivity contribution in [1.29, 1.82) is 0 Å². The number of anilines is 1. The van der Waals surface area contributed by atoms with Crippen molar-refractivity contribution in [2.45, 2.75) is 12.5 Å². The molecule has 0 saturated heterocycles. The molecule has 0 saturated carbocycles. The minimum atomic E-state index is -0.0661. The zero-order valence-electron chi connectivity index (χ0n) is 14.7. The molecule has 0 amide bonds. The van der Waals surface area contributed by atoms with Crippen LogP contribution in [0.3, 0.4) is 0 Å². The lowest BCUT2D eigenvalue weighted by atomic mass is 10.0. The van der Waals surface area contributed by atoms with E-state index in [4.69, 9.17) is 4.74 Å². The van der Waals surface area contributed by atoms with Crippen LogP contribution in [0.1, 0.15) is 22.8 Å². The molecule has 0 bridgehead atoms.